The fourth-order valence-corrected chi connectivity index (χ4v) is 1.50. The number of benzene rings is 1. The van der Waals surface area contributed by atoms with E-state index in [0.29, 0.717) is 29.3 Å². The summed E-state index contributed by atoms with van der Waals surface area (Å²) < 4.78 is 4.99. The Kier molecular flexibility index (Phi) is 3.70. The minimum Gasteiger partial charge on any atom is -0.339 e. The zero-order chi connectivity index (χ0) is 13.0. The van der Waals surface area contributed by atoms with Gasteiger partial charge in [-0.1, -0.05) is 17.3 Å². The molecule has 0 spiro atoms. The van der Waals surface area contributed by atoms with E-state index in [2.05, 4.69) is 10.1 Å². The molecule has 0 bridgehead atoms. The fraction of sp³-hybridized carbons (Fsp3) is 0.167. The SMILES string of the molecule is N#Cc1cccc(-c2noc(CCC(=O)Cl)n2)c1. The zero-order valence-electron chi connectivity index (χ0n) is 9.26. The Hall–Kier alpha value is -2.19. The van der Waals surface area contributed by atoms with Crippen LogP contribution >= 0.6 is 11.6 Å². The Morgan fingerprint density at radius 1 is 1.50 bits per heavy atom. The van der Waals surface area contributed by atoms with Crippen molar-refractivity contribution in [3.05, 3.63) is 35.7 Å². The summed E-state index contributed by atoms with van der Waals surface area (Å²) in [5.41, 5.74) is 1.22. The molecule has 6 heteroatoms. The van der Waals surface area contributed by atoms with Crippen LogP contribution in [-0.2, 0) is 11.2 Å². The van der Waals surface area contributed by atoms with Gasteiger partial charge in [0.25, 0.3) is 0 Å². The van der Waals surface area contributed by atoms with Gasteiger partial charge in [-0.3, -0.25) is 4.79 Å². The topological polar surface area (TPSA) is 79.8 Å². The first-order valence-corrected chi connectivity index (χ1v) is 5.58. The van der Waals surface area contributed by atoms with Gasteiger partial charge >= 0.3 is 0 Å². The minimum absolute atomic E-state index is 0.154. The normalized spacial score (nSPS) is 10.0. The molecular formula is C12H8ClN3O2. The predicted molar refractivity (Wildman–Crippen MR) is 63.6 cm³/mol. The molecule has 0 atom stereocenters. The molecule has 5 nitrogen and oxygen atoms in total. The van der Waals surface area contributed by atoms with Crippen molar-refractivity contribution in [2.24, 2.45) is 0 Å². The summed E-state index contributed by atoms with van der Waals surface area (Å²) >= 11 is 5.23. The van der Waals surface area contributed by atoms with Crippen LogP contribution in [0.5, 0.6) is 0 Å². The van der Waals surface area contributed by atoms with E-state index in [1.165, 1.54) is 0 Å². The lowest BCUT2D eigenvalue weighted by Gasteiger charge is -1.93. The van der Waals surface area contributed by atoms with Crippen LogP contribution in [0, 0.1) is 11.3 Å². The van der Waals surface area contributed by atoms with Crippen LogP contribution in [0.2, 0.25) is 0 Å². The lowest BCUT2D eigenvalue weighted by molar-refractivity contribution is -0.111. The summed E-state index contributed by atoms with van der Waals surface area (Å²) in [4.78, 5) is 14.7. The van der Waals surface area contributed by atoms with Crippen LogP contribution in [0.4, 0.5) is 0 Å². The maximum Gasteiger partial charge on any atom is 0.227 e. The number of hydrogen-bond acceptors (Lipinski definition) is 5. The molecular weight excluding hydrogens is 254 g/mol. The fourth-order valence-electron chi connectivity index (χ4n) is 1.41. The van der Waals surface area contributed by atoms with Gasteiger partial charge in [0, 0.05) is 18.4 Å². The Morgan fingerprint density at radius 2 is 2.33 bits per heavy atom. The second kappa shape index (κ2) is 5.43. The van der Waals surface area contributed by atoms with Gasteiger partial charge in [-0.05, 0) is 23.7 Å². The Morgan fingerprint density at radius 3 is 3.06 bits per heavy atom. The molecule has 0 aliphatic heterocycles. The molecule has 0 unspecified atom stereocenters. The van der Waals surface area contributed by atoms with Crippen molar-refractivity contribution in [2.45, 2.75) is 12.8 Å². The molecule has 2 rings (SSSR count). The molecule has 18 heavy (non-hydrogen) atoms. The van der Waals surface area contributed by atoms with Gasteiger partial charge in [0.15, 0.2) is 0 Å². The van der Waals surface area contributed by atoms with Crippen LogP contribution in [0.25, 0.3) is 11.4 Å². The molecule has 1 heterocycles. The summed E-state index contributed by atoms with van der Waals surface area (Å²) in [5.74, 6) is 0.741. The summed E-state index contributed by atoms with van der Waals surface area (Å²) in [7, 11) is 0. The van der Waals surface area contributed by atoms with Gasteiger partial charge in [-0.25, -0.2) is 0 Å². The third-order valence-corrected chi connectivity index (χ3v) is 2.44. The van der Waals surface area contributed by atoms with E-state index in [1.807, 2.05) is 6.07 Å². The highest BCUT2D eigenvalue weighted by atomic mass is 35.5. The Bertz CT molecular complexity index is 616. The third-order valence-electron chi connectivity index (χ3n) is 2.25. The molecule has 0 saturated heterocycles. The van der Waals surface area contributed by atoms with Crippen molar-refractivity contribution >= 4 is 16.8 Å². The number of hydrogen-bond donors (Lipinski definition) is 0. The molecule has 2 aromatic rings. The van der Waals surface area contributed by atoms with E-state index in [-0.39, 0.29) is 6.42 Å². The molecule has 1 aromatic heterocycles. The number of rotatable bonds is 4. The van der Waals surface area contributed by atoms with E-state index < -0.39 is 5.24 Å². The van der Waals surface area contributed by atoms with E-state index in [0.717, 1.165) is 0 Å². The molecule has 1 aromatic carbocycles. The van der Waals surface area contributed by atoms with Gasteiger partial charge in [-0.15, -0.1) is 0 Å². The zero-order valence-corrected chi connectivity index (χ0v) is 10.0. The average molecular weight is 262 g/mol. The van der Waals surface area contributed by atoms with Crippen molar-refractivity contribution in [1.29, 1.82) is 5.26 Å². The first kappa shape index (κ1) is 12.3. The van der Waals surface area contributed by atoms with Gasteiger partial charge < -0.3 is 4.52 Å². The van der Waals surface area contributed by atoms with Crippen molar-refractivity contribution in [1.82, 2.24) is 10.1 Å². The number of nitrogens with zero attached hydrogens (tertiary/aromatic N) is 3. The standard InChI is InChI=1S/C12H8ClN3O2/c13-10(17)4-5-11-15-12(16-18-11)9-3-1-2-8(6-9)7-14/h1-3,6H,4-5H2. The summed E-state index contributed by atoms with van der Waals surface area (Å²) in [6.07, 6.45) is 0.467. The molecule has 0 saturated carbocycles. The van der Waals surface area contributed by atoms with Crippen molar-refractivity contribution < 1.29 is 9.32 Å². The highest BCUT2D eigenvalue weighted by molar-refractivity contribution is 6.63. The quantitative estimate of drug-likeness (QED) is 0.789. The number of halogens is 1. The largest absolute Gasteiger partial charge is 0.339 e. The number of carbonyl (C=O) groups excluding carboxylic acids is 1. The average Bonchev–Trinajstić information content (AvgIpc) is 2.85. The second-order valence-electron chi connectivity index (χ2n) is 3.56. The summed E-state index contributed by atoms with van der Waals surface area (Å²) in [6.45, 7) is 0. The van der Waals surface area contributed by atoms with Crippen molar-refractivity contribution in [2.75, 3.05) is 0 Å². The van der Waals surface area contributed by atoms with Gasteiger partial charge in [0.2, 0.25) is 17.0 Å². The molecule has 0 aliphatic carbocycles. The minimum atomic E-state index is -0.443. The van der Waals surface area contributed by atoms with Crippen LogP contribution in [0.3, 0.4) is 0 Å². The smallest absolute Gasteiger partial charge is 0.227 e. The lowest BCUT2D eigenvalue weighted by Crippen LogP contribution is -1.91. The number of aromatic nitrogens is 2. The summed E-state index contributed by atoms with van der Waals surface area (Å²) in [5, 5.41) is 12.1. The first-order valence-electron chi connectivity index (χ1n) is 5.20. The first-order chi connectivity index (χ1) is 8.69. The highest BCUT2D eigenvalue weighted by Crippen LogP contribution is 2.17. The van der Waals surface area contributed by atoms with Crippen LogP contribution in [-0.4, -0.2) is 15.4 Å². The van der Waals surface area contributed by atoms with E-state index >= 15 is 0 Å². The van der Waals surface area contributed by atoms with Crippen molar-refractivity contribution in [3.8, 4) is 17.5 Å². The lowest BCUT2D eigenvalue weighted by atomic mass is 10.1. The van der Waals surface area contributed by atoms with Gasteiger partial charge in [0.1, 0.15) is 0 Å². The number of aryl methyl sites for hydroxylation is 1. The monoisotopic (exact) mass is 261 g/mol. The van der Waals surface area contributed by atoms with E-state index in [4.69, 9.17) is 21.4 Å². The molecule has 0 aliphatic rings. The van der Waals surface area contributed by atoms with Crippen LogP contribution < -0.4 is 0 Å². The Balaban J connectivity index is 2.19. The van der Waals surface area contributed by atoms with Crippen molar-refractivity contribution in [3.63, 3.8) is 0 Å². The molecule has 0 N–H and O–H groups in total. The molecule has 90 valence electrons. The molecule has 0 radical (unpaired) electrons. The van der Waals surface area contributed by atoms with Crippen LogP contribution in [0.15, 0.2) is 28.8 Å². The predicted octanol–water partition coefficient (Wildman–Crippen LogP) is 2.31. The second-order valence-corrected chi connectivity index (χ2v) is 3.98. The number of carbonyl (C=O) groups is 1. The van der Waals surface area contributed by atoms with Gasteiger partial charge in [-0.2, -0.15) is 10.2 Å². The van der Waals surface area contributed by atoms with Crippen LogP contribution in [0.1, 0.15) is 17.9 Å². The summed E-state index contributed by atoms with van der Waals surface area (Å²) in [6, 6.07) is 8.92. The van der Waals surface area contributed by atoms with Gasteiger partial charge in [0.05, 0.1) is 11.6 Å². The molecule has 0 fully saturated rings. The number of nitriles is 1. The van der Waals surface area contributed by atoms with E-state index in [1.54, 1.807) is 24.3 Å². The van der Waals surface area contributed by atoms with E-state index in [9.17, 15) is 4.79 Å². The third kappa shape index (κ3) is 2.93. The highest BCUT2D eigenvalue weighted by Gasteiger charge is 2.10. The maximum atomic E-state index is 10.6. The molecule has 0 amide bonds. The maximum absolute atomic E-state index is 10.6. The Labute approximate surface area is 108 Å².